The molecule has 98 valence electrons. The molecule has 0 spiro atoms. The van der Waals surface area contributed by atoms with Crippen molar-refractivity contribution in [3.8, 4) is 0 Å². The van der Waals surface area contributed by atoms with E-state index in [4.69, 9.17) is 0 Å². The first-order valence-electron chi connectivity index (χ1n) is 6.54. The van der Waals surface area contributed by atoms with Gasteiger partial charge in [0.25, 0.3) is 0 Å². The number of hydrogen-bond donors (Lipinski definition) is 1. The Hall–Kier alpha value is -1.06. The minimum Gasteiger partial charge on any atom is -0.359 e. The summed E-state index contributed by atoms with van der Waals surface area (Å²) in [5, 5.41) is 2.55. The van der Waals surface area contributed by atoms with Crippen LogP contribution in [0, 0.1) is 5.92 Å². The molecular weight excluding hydrogens is 216 g/mol. The third kappa shape index (κ3) is 4.36. The average molecular weight is 240 g/mol. The highest BCUT2D eigenvalue weighted by molar-refractivity contribution is 5.83. The molecule has 0 aromatic carbocycles. The fourth-order valence-electron chi connectivity index (χ4n) is 2.36. The van der Waals surface area contributed by atoms with Crippen LogP contribution in [0.5, 0.6) is 0 Å². The maximum absolute atomic E-state index is 12.1. The highest BCUT2D eigenvalue weighted by atomic mass is 16.2. The number of carbonyl (C=O) groups excluding carboxylic acids is 2. The quantitative estimate of drug-likeness (QED) is 0.813. The largest absolute Gasteiger partial charge is 0.359 e. The van der Waals surface area contributed by atoms with E-state index in [0.717, 1.165) is 13.0 Å². The van der Waals surface area contributed by atoms with Crippen LogP contribution in [-0.2, 0) is 9.59 Å². The van der Waals surface area contributed by atoms with Crippen LogP contribution in [0.2, 0.25) is 0 Å². The van der Waals surface area contributed by atoms with Gasteiger partial charge in [-0.15, -0.1) is 0 Å². The molecule has 1 unspecified atom stereocenters. The summed E-state index contributed by atoms with van der Waals surface area (Å²) in [6.45, 7) is 5.14. The molecule has 0 aromatic rings. The zero-order chi connectivity index (χ0) is 12.8. The molecule has 4 nitrogen and oxygen atoms in total. The van der Waals surface area contributed by atoms with Crippen LogP contribution in [0.25, 0.3) is 0 Å². The highest BCUT2D eigenvalue weighted by Gasteiger charge is 2.24. The Morgan fingerprint density at radius 2 is 1.94 bits per heavy atom. The lowest BCUT2D eigenvalue weighted by molar-refractivity contribution is -0.135. The standard InChI is InChI=1S/C13H24N2O2/c1-10-5-4-6-11(2)15(9-10)13(17)8-7-12(16)14-3/h10-11H,4-9H2,1-3H3,(H,14,16)/t10-,11?/m1/s1. The van der Waals surface area contributed by atoms with E-state index in [2.05, 4.69) is 19.2 Å². The van der Waals surface area contributed by atoms with E-state index in [1.165, 1.54) is 12.8 Å². The van der Waals surface area contributed by atoms with Gasteiger partial charge in [-0.05, 0) is 25.7 Å². The smallest absolute Gasteiger partial charge is 0.223 e. The van der Waals surface area contributed by atoms with Gasteiger partial charge in [0, 0.05) is 32.5 Å². The molecule has 1 aliphatic heterocycles. The fourth-order valence-corrected chi connectivity index (χ4v) is 2.36. The van der Waals surface area contributed by atoms with Crippen molar-refractivity contribution in [3.05, 3.63) is 0 Å². The lowest BCUT2D eigenvalue weighted by atomic mass is 10.1. The SMILES string of the molecule is CNC(=O)CCC(=O)N1C[C@H](C)CCCC1C. The van der Waals surface area contributed by atoms with Gasteiger partial charge >= 0.3 is 0 Å². The minimum absolute atomic E-state index is 0.0612. The first kappa shape index (κ1) is 14.0. The van der Waals surface area contributed by atoms with Crippen molar-refractivity contribution in [2.24, 2.45) is 5.92 Å². The maximum atomic E-state index is 12.1. The van der Waals surface area contributed by atoms with Crippen LogP contribution < -0.4 is 5.32 Å². The Morgan fingerprint density at radius 3 is 2.59 bits per heavy atom. The Balaban J connectivity index is 2.50. The van der Waals surface area contributed by atoms with Gasteiger partial charge < -0.3 is 10.2 Å². The molecule has 0 aliphatic carbocycles. The van der Waals surface area contributed by atoms with E-state index in [-0.39, 0.29) is 11.8 Å². The van der Waals surface area contributed by atoms with E-state index >= 15 is 0 Å². The molecule has 4 heteroatoms. The van der Waals surface area contributed by atoms with Gasteiger partial charge in [0.05, 0.1) is 0 Å². The number of carbonyl (C=O) groups is 2. The lowest BCUT2D eigenvalue weighted by Gasteiger charge is -2.28. The van der Waals surface area contributed by atoms with E-state index in [0.29, 0.717) is 24.8 Å². The molecular formula is C13H24N2O2. The second-order valence-corrected chi connectivity index (χ2v) is 5.10. The van der Waals surface area contributed by atoms with Gasteiger partial charge in [0.2, 0.25) is 11.8 Å². The molecule has 1 heterocycles. The van der Waals surface area contributed by atoms with E-state index in [1.807, 2.05) is 4.90 Å². The van der Waals surface area contributed by atoms with Gasteiger partial charge in [-0.25, -0.2) is 0 Å². The summed E-state index contributed by atoms with van der Waals surface area (Å²) in [4.78, 5) is 25.2. The monoisotopic (exact) mass is 240 g/mol. The van der Waals surface area contributed by atoms with E-state index in [1.54, 1.807) is 7.05 Å². The first-order valence-corrected chi connectivity index (χ1v) is 6.54. The molecule has 0 aromatic heterocycles. The molecule has 0 radical (unpaired) electrons. The Labute approximate surface area is 104 Å². The summed E-state index contributed by atoms with van der Waals surface area (Å²) in [6.07, 6.45) is 4.10. The first-order chi connectivity index (χ1) is 8.04. The zero-order valence-corrected chi connectivity index (χ0v) is 11.2. The van der Waals surface area contributed by atoms with Gasteiger partial charge in [-0.1, -0.05) is 13.3 Å². The van der Waals surface area contributed by atoms with Gasteiger partial charge in [0.1, 0.15) is 0 Å². The maximum Gasteiger partial charge on any atom is 0.223 e. The number of amides is 2. The van der Waals surface area contributed by atoms with E-state index < -0.39 is 0 Å². The van der Waals surface area contributed by atoms with Crippen molar-refractivity contribution in [1.29, 1.82) is 0 Å². The molecule has 2 atom stereocenters. The molecule has 1 saturated heterocycles. The normalized spacial score (nSPS) is 25.2. The third-order valence-electron chi connectivity index (χ3n) is 3.52. The summed E-state index contributed by atoms with van der Waals surface area (Å²) < 4.78 is 0. The minimum atomic E-state index is -0.0612. The van der Waals surface area contributed by atoms with Gasteiger partial charge in [-0.2, -0.15) is 0 Å². The molecule has 1 N–H and O–H groups in total. The van der Waals surface area contributed by atoms with Crippen molar-refractivity contribution in [2.45, 2.75) is 52.0 Å². The van der Waals surface area contributed by atoms with E-state index in [9.17, 15) is 9.59 Å². The van der Waals surface area contributed by atoms with Crippen molar-refractivity contribution < 1.29 is 9.59 Å². The summed E-state index contributed by atoms with van der Waals surface area (Å²) in [6, 6.07) is 0.317. The van der Waals surface area contributed by atoms with Crippen LogP contribution in [0.15, 0.2) is 0 Å². The van der Waals surface area contributed by atoms with Crippen LogP contribution in [0.1, 0.15) is 46.0 Å². The topological polar surface area (TPSA) is 49.4 Å². The van der Waals surface area contributed by atoms with Gasteiger partial charge in [0.15, 0.2) is 0 Å². The number of hydrogen-bond acceptors (Lipinski definition) is 2. The Morgan fingerprint density at radius 1 is 1.24 bits per heavy atom. The second-order valence-electron chi connectivity index (χ2n) is 5.10. The number of nitrogens with zero attached hydrogens (tertiary/aromatic N) is 1. The molecule has 0 saturated carbocycles. The van der Waals surface area contributed by atoms with Crippen molar-refractivity contribution in [3.63, 3.8) is 0 Å². The average Bonchev–Trinajstić information content (AvgIpc) is 2.47. The fraction of sp³-hybridized carbons (Fsp3) is 0.846. The second kappa shape index (κ2) is 6.62. The predicted octanol–water partition coefficient (Wildman–Crippen LogP) is 1.55. The molecule has 1 rings (SSSR count). The van der Waals surface area contributed by atoms with Gasteiger partial charge in [-0.3, -0.25) is 9.59 Å². The van der Waals surface area contributed by atoms with Crippen molar-refractivity contribution in [1.82, 2.24) is 10.2 Å². The van der Waals surface area contributed by atoms with Crippen LogP contribution in [0.3, 0.4) is 0 Å². The van der Waals surface area contributed by atoms with Crippen molar-refractivity contribution >= 4 is 11.8 Å². The van der Waals surface area contributed by atoms with Crippen molar-refractivity contribution in [2.75, 3.05) is 13.6 Å². The molecule has 0 bridgehead atoms. The molecule has 2 amide bonds. The summed E-state index contributed by atoms with van der Waals surface area (Å²) in [7, 11) is 1.60. The zero-order valence-electron chi connectivity index (χ0n) is 11.2. The van der Waals surface area contributed by atoms with Crippen LogP contribution >= 0.6 is 0 Å². The molecule has 1 fully saturated rings. The lowest BCUT2D eigenvalue weighted by Crippen LogP contribution is -2.40. The highest BCUT2D eigenvalue weighted by Crippen LogP contribution is 2.21. The number of rotatable bonds is 3. The Bertz CT molecular complexity index is 279. The van der Waals surface area contributed by atoms with Crippen LogP contribution in [-0.4, -0.2) is 36.3 Å². The predicted molar refractivity (Wildman–Crippen MR) is 67.5 cm³/mol. The summed E-state index contributed by atoms with van der Waals surface area (Å²) in [5.74, 6) is 0.632. The summed E-state index contributed by atoms with van der Waals surface area (Å²) in [5.41, 5.74) is 0. The molecule has 17 heavy (non-hydrogen) atoms. The van der Waals surface area contributed by atoms with Crippen LogP contribution in [0.4, 0.5) is 0 Å². The molecule has 1 aliphatic rings. The Kier molecular flexibility index (Phi) is 5.45. The summed E-state index contributed by atoms with van der Waals surface area (Å²) >= 11 is 0. The number of nitrogens with one attached hydrogen (secondary N) is 1. The third-order valence-corrected chi connectivity index (χ3v) is 3.52. The number of likely N-dealkylation sites (tertiary alicyclic amines) is 1.